The van der Waals surface area contributed by atoms with E-state index in [9.17, 15) is 0 Å². The Kier molecular flexibility index (Phi) is 6.30. The van der Waals surface area contributed by atoms with Gasteiger partial charge in [-0.05, 0) is 62.4 Å². The molecule has 0 aliphatic carbocycles. The highest BCUT2D eigenvalue weighted by atomic mass is 35.5. The van der Waals surface area contributed by atoms with Gasteiger partial charge in [-0.25, -0.2) is 9.97 Å². The fourth-order valence-electron chi connectivity index (χ4n) is 5.00. The van der Waals surface area contributed by atoms with Crippen LogP contribution in [-0.2, 0) is 11.3 Å². The van der Waals surface area contributed by atoms with Crippen LogP contribution in [0.1, 0.15) is 44.2 Å². The molecule has 3 aliphatic heterocycles. The average molecular weight is 443 g/mol. The van der Waals surface area contributed by atoms with Crippen molar-refractivity contribution in [2.75, 3.05) is 37.7 Å². The summed E-state index contributed by atoms with van der Waals surface area (Å²) >= 11 is 5.97. The lowest BCUT2D eigenvalue weighted by molar-refractivity contribution is -0.0456. The molecule has 4 heterocycles. The second-order valence-electron chi connectivity index (χ2n) is 9.06. The topological polar surface area (TPSA) is 50.7 Å². The molecule has 0 N–H and O–H groups in total. The van der Waals surface area contributed by atoms with Gasteiger partial charge in [-0.3, -0.25) is 4.90 Å². The summed E-state index contributed by atoms with van der Waals surface area (Å²) in [4.78, 5) is 14.2. The molecule has 0 unspecified atom stereocenters. The van der Waals surface area contributed by atoms with Crippen LogP contribution in [0.15, 0.2) is 36.5 Å². The number of likely N-dealkylation sites (tertiary alicyclic amines) is 1. The van der Waals surface area contributed by atoms with Gasteiger partial charge in [0.1, 0.15) is 11.9 Å². The zero-order valence-corrected chi connectivity index (χ0v) is 18.8. The first kappa shape index (κ1) is 21.0. The molecule has 1 atom stereocenters. The lowest BCUT2D eigenvalue weighted by Gasteiger charge is -2.38. The monoisotopic (exact) mass is 442 g/mol. The molecule has 1 aromatic heterocycles. The Balaban J connectivity index is 1.13. The summed E-state index contributed by atoms with van der Waals surface area (Å²) in [6.45, 7) is 5.74. The van der Waals surface area contributed by atoms with E-state index in [1.807, 2.05) is 30.5 Å². The predicted molar refractivity (Wildman–Crippen MR) is 122 cm³/mol. The lowest BCUT2D eigenvalue weighted by atomic mass is 9.88. The van der Waals surface area contributed by atoms with Crippen molar-refractivity contribution in [3.63, 3.8) is 0 Å². The van der Waals surface area contributed by atoms with Gasteiger partial charge in [0.05, 0.1) is 17.9 Å². The summed E-state index contributed by atoms with van der Waals surface area (Å²) in [6.07, 6.45) is 8.86. The van der Waals surface area contributed by atoms with Gasteiger partial charge in [0.2, 0.25) is 5.95 Å². The van der Waals surface area contributed by atoms with E-state index in [1.54, 1.807) is 0 Å². The zero-order valence-electron chi connectivity index (χ0n) is 18.0. The molecule has 6 nitrogen and oxygen atoms in total. The SMILES string of the molecule is Clc1ccc(O[C@H]2COC3(CCN(Cc4ccnc(N5CCCCC5)n4)CC3)C2)cc1. The first-order valence-corrected chi connectivity index (χ1v) is 11.9. The molecule has 5 rings (SSSR count). The van der Waals surface area contributed by atoms with Crippen LogP contribution >= 0.6 is 11.6 Å². The number of nitrogens with zero attached hydrogens (tertiary/aromatic N) is 4. The third-order valence-corrected chi connectivity index (χ3v) is 7.04. The van der Waals surface area contributed by atoms with Gasteiger partial charge in [-0.2, -0.15) is 0 Å². The Morgan fingerprint density at radius 3 is 2.58 bits per heavy atom. The zero-order chi connectivity index (χ0) is 21.1. The Labute approximate surface area is 189 Å². The van der Waals surface area contributed by atoms with Gasteiger partial charge in [0.15, 0.2) is 0 Å². The van der Waals surface area contributed by atoms with Crippen molar-refractivity contribution in [1.82, 2.24) is 14.9 Å². The van der Waals surface area contributed by atoms with E-state index in [-0.39, 0.29) is 11.7 Å². The maximum absolute atomic E-state index is 6.28. The van der Waals surface area contributed by atoms with Crippen molar-refractivity contribution in [2.45, 2.75) is 56.8 Å². The van der Waals surface area contributed by atoms with Crippen LogP contribution in [0.2, 0.25) is 5.02 Å². The van der Waals surface area contributed by atoms with Crippen LogP contribution in [0.25, 0.3) is 0 Å². The molecule has 3 saturated heterocycles. The maximum atomic E-state index is 6.28. The van der Waals surface area contributed by atoms with Gasteiger partial charge in [-0.1, -0.05) is 11.6 Å². The first-order valence-electron chi connectivity index (χ1n) is 11.5. The van der Waals surface area contributed by atoms with Crippen molar-refractivity contribution in [3.8, 4) is 5.75 Å². The first-order chi connectivity index (χ1) is 15.2. The summed E-state index contributed by atoms with van der Waals surface area (Å²) in [5.41, 5.74) is 1.07. The third-order valence-electron chi connectivity index (χ3n) is 6.78. The largest absolute Gasteiger partial charge is 0.488 e. The Morgan fingerprint density at radius 1 is 1.03 bits per heavy atom. The number of aromatic nitrogens is 2. The van der Waals surface area contributed by atoms with Crippen LogP contribution in [0, 0.1) is 0 Å². The van der Waals surface area contributed by atoms with Crippen molar-refractivity contribution in [2.24, 2.45) is 0 Å². The minimum Gasteiger partial charge on any atom is -0.488 e. The molecule has 3 aliphatic rings. The molecule has 1 spiro atoms. The van der Waals surface area contributed by atoms with E-state index < -0.39 is 0 Å². The van der Waals surface area contributed by atoms with Gasteiger partial charge in [-0.15, -0.1) is 0 Å². The van der Waals surface area contributed by atoms with Crippen LogP contribution in [0.3, 0.4) is 0 Å². The molecule has 1 aromatic carbocycles. The number of benzene rings is 1. The fraction of sp³-hybridized carbons (Fsp3) is 0.583. The number of anilines is 1. The molecule has 166 valence electrons. The summed E-state index contributed by atoms with van der Waals surface area (Å²) < 4.78 is 12.4. The molecule has 0 amide bonds. The quantitative estimate of drug-likeness (QED) is 0.687. The summed E-state index contributed by atoms with van der Waals surface area (Å²) in [5, 5.41) is 0.727. The van der Waals surface area contributed by atoms with Crippen LogP contribution in [0.4, 0.5) is 5.95 Å². The highest BCUT2D eigenvalue weighted by molar-refractivity contribution is 6.30. The third kappa shape index (κ3) is 5.13. The summed E-state index contributed by atoms with van der Waals surface area (Å²) in [7, 11) is 0. The summed E-state index contributed by atoms with van der Waals surface area (Å²) in [6, 6.07) is 9.64. The molecule has 0 saturated carbocycles. The van der Waals surface area contributed by atoms with E-state index in [0.29, 0.717) is 6.61 Å². The number of rotatable bonds is 5. The molecule has 3 fully saturated rings. The number of piperidine rings is 2. The Bertz CT molecular complexity index is 864. The molecular weight excluding hydrogens is 412 g/mol. The standard InChI is InChI=1S/C24H31ClN4O2/c25-19-4-6-21(7-5-19)31-22-16-24(30-18-22)9-14-28(15-10-24)17-20-8-11-26-23(27-20)29-12-2-1-3-13-29/h4-8,11,22H,1-3,9-10,12-18H2/t22-/m1/s1. The van der Waals surface area contributed by atoms with E-state index in [2.05, 4.69) is 20.9 Å². The predicted octanol–water partition coefficient (Wildman–Crippen LogP) is 4.32. The average Bonchev–Trinajstić information content (AvgIpc) is 3.20. The molecule has 31 heavy (non-hydrogen) atoms. The van der Waals surface area contributed by atoms with E-state index >= 15 is 0 Å². The smallest absolute Gasteiger partial charge is 0.225 e. The van der Waals surface area contributed by atoms with Gasteiger partial charge in [0, 0.05) is 50.4 Å². The summed E-state index contributed by atoms with van der Waals surface area (Å²) in [5.74, 6) is 1.76. The van der Waals surface area contributed by atoms with Gasteiger partial charge < -0.3 is 14.4 Å². The van der Waals surface area contributed by atoms with Crippen molar-refractivity contribution < 1.29 is 9.47 Å². The minimum absolute atomic E-state index is 0.0434. The molecular formula is C24H31ClN4O2. The maximum Gasteiger partial charge on any atom is 0.225 e. The van der Waals surface area contributed by atoms with Gasteiger partial charge >= 0.3 is 0 Å². The van der Waals surface area contributed by atoms with Crippen molar-refractivity contribution in [1.29, 1.82) is 0 Å². The molecule has 0 bridgehead atoms. The number of ether oxygens (including phenoxy) is 2. The number of hydrogen-bond acceptors (Lipinski definition) is 6. The number of halogens is 1. The second kappa shape index (κ2) is 9.31. The second-order valence-corrected chi connectivity index (χ2v) is 9.50. The van der Waals surface area contributed by atoms with Crippen LogP contribution in [0.5, 0.6) is 5.75 Å². The Morgan fingerprint density at radius 2 is 1.81 bits per heavy atom. The van der Waals surface area contributed by atoms with Crippen molar-refractivity contribution in [3.05, 3.63) is 47.2 Å². The fourth-order valence-corrected chi connectivity index (χ4v) is 5.12. The van der Waals surface area contributed by atoms with Crippen LogP contribution < -0.4 is 9.64 Å². The molecule has 7 heteroatoms. The van der Waals surface area contributed by atoms with E-state index in [4.69, 9.17) is 26.1 Å². The van der Waals surface area contributed by atoms with E-state index in [1.165, 1.54) is 19.3 Å². The highest BCUT2D eigenvalue weighted by Crippen LogP contribution is 2.37. The normalized spacial score (nSPS) is 23.9. The molecule has 0 radical (unpaired) electrons. The Hall–Kier alpha value is -1.89. The lowest BCUT2D eigenvalue weighted by Crippen LogP contribution is -2.44. The van der Waals surface area contributed by atoms with Gasteiger partial charge in [0.25, 0.3) is 0 Å². The minimum atomic E-state index is -0.0434. The number of hydrogen-bond donors (Lipinski definition) is 0. The van der Waals surface area contributed by atoms with E-state index in [0.717, 1.165) is 74.4 Å². The van der Waals surface area contributed by atoms with Crippen molar-refractivity contribution >= 4 is 17.5 Å². The van der Waals surface area contributed by atoms with Crippen LogP contribution in [-0.4, -0.2) is 59.4 Å². The highest BCUT2D eigenvalue weighted by Gasteiger charge is 2.43. The molecule has 2 aromatic rings.